The number of pyridine rings is 1. The third-order valence-corrected chi connectivity index (χ3v) is 2.79. The highest BCUT2D eigenvalue weighted by Gasteiger charge is 2.25. The van der Waals surface area contributed by atoms with Gasteiger partial charge in [-0.25, -0.2) is 0 Å². The SMILES string of the molecule is CC(C)(CCNCCc1ccccn1)C(=O)O. The van der Waals surface area contributed by atoms with Gasteiger partial charge in [0.2, 0.25) is 0 Å². The summed E-state index contributed by atoms with van der Waals surface area (Å²) in [7, 11) is 0. The molecule has 0 amide bonds. The molecule has 0 atom stereocenters. The summed E-state index contributed by atoms with van der Waals surface area (Å²) in [5.41, 5.74) is 0.398. The summed E-state index contributed by atoms with van der Waals surface area (Å²) in [4.78, 5) is 15.1. The minimum absolute atomic E-state index is 0.630. The molecule has 4 nitrogen and oxygen atoms in total. The standard InChI is InChI=1S/C13H20N2O2/c1-13(2,12(16)17)7-10-14-9-6-11-5-3-4-8-15-11/h3-5,8,14H,6-7,9-10H2,1-2H3,(H,16,17). The van der Waals surface area contributed by atoms with Gasteiger partial charge in [0.15, 0.2) is 0 Å². The van der Waals surface area contributed by atoms with Crippen LogP contribution in [0.25, 0.3) is 0 Å². The Bertz CT molecular complexity index is 350. The zero-order valence-corrected chi connectivity index (χ0v) is 10.4. The second-order valence-electron chi connectivity index (χ2n) is 4.76. The molecule has 4 heteroatoms. The van der Waals surface area contributed by atoms with Crippen molar-refractivity contribution in [2.24, 2.45) is 5.41 Å². The van der Waals surface area contributed by atoms with Crippen LogP contribution in [0, 0.1) is 5.41 Å². The van der Waals surface area contributed by atoms with Crippen LogP contribution in [-0.4, -0.2) is 29.1 Å². The van der Waals surface area contributed by atoms with Gasteiger partial charge in [-0.3, -0.25) is 9.78 Å². The summed E-state index contributed by atoms with van der Waals surface area (Å²) in [6, 6.07) is 5.85. The van der Waals surface area contributed by atoms with Crippen molar-refractivity contribution in [2.45, 2.75) is 26.7 Å². The summed E-state index contributed by atoms with van der Waals surface area (Å²) in [5, 5.41) is 12.2. The molecule has 0 unspecified atom stereocenters. The minimum Gasteiger partial charge on any atom is -0.481 e. The topological polar surface area (TPSA) is 62.2 Å². The monoisotopic (exact) mass is 236 g/mol. The smallest absolute Gasteiger partial charge is 0.309 e. The molecule has 94 valence electrons. The van der Waals surface area contributed by atoms with Crippen LogP contribution in [0.4, 0.5) is 0 Å². The van der Waals surface area contributed by atoms with Gasteiger partial charge in [0.05, 0.1) is 5.41 Å². The van der Waals surface area contributed by atoms with Gasteiger partial charge < -0.3 is 10.4 Å². The van der Waals surface area contributed by atoms with E-state index < -0.39 is 11.4 Å². The predicted octanol–water partition coefficient (Wildman–Crippen LogP) is 1.71. The quantitative estimate of drug-likeness (QED) is 0.708. The second kappa shape index (κ2) is 6.35. The Kier molecular flexibility index (Phi) is 5.10. The highest BCUT2D eigenvalue weighted by atomic mass is 16.4. The molecule has 0 radical (unpaired) electrons. The number of aliphatic carboxylic acids is 1. The van der Waals surface area contributed by atoms with Crippen LogP contribution in [0.15, 0.2) is 24.4 Å². The van der Waals surface area contributed by atoms with E-state index in [-0.39, 0.29) is 0 Å². The summed E-state index contributed by atoms with van der Waals surface area (Å²) in [6.07, 6.45) is 3.28. The van der Waals surface area contributed by atoms with Crippen LogP contribution in [0.1, 0.15) is 26.0 Å². The normalized spacial score (nSPS) is 11.4. The van der Waals surface area contributed by atoms with Gasteiger partial charge in [-0.05, 0) is 38.9 Å². The Hall–Kier alpha value is -1.42. The van der Waals surface area contributed by atoms with Gasteiger partial charge >= 0.3 is 5.97 Å². The molecule has 2 N–H and O–H groups in total. The molecule has 1 aromatic heterocycles. The van der Waals surface area contributed by atoms with Crippen molar-refractivity contribution >= 4 is 5.97 Å². The number of carboxylic acids is 1. The third-order valence-electron chi connectivity index (χ3n) is 2.79. The third kappa shape index (κ3) is 4.95. The van der Waals surface area contributed by atoms with E-state index in [0.29, 0.717) is 13.0 Å². The Morgan fingerprint density at radius 1 is 1.41 bits per heavy atom. The number of nitrogens with one attached hydrogen (secondary N) is 1. The molecule has 0 aliphatic heterocycles. The lowest BCUT2D eigenvalue weighted by Gasteiger charge is -2.18. The van der Waals surface area contributed by atoms with E-state index in [4.69, 9.17) is 5.11 Å². The Balaban J connectivity index is 2.15. The molecule has 0 saturated heterocycles. The predicted molar refractivity (Wildman–Crippen MR) is 66.8 cm³/mol. The maximum Gasteiger partial charge on any atom is 0.309 e. The molecule has 0 saturated carbocycles. The number of nitrogens with zero attached hydrogens (tertiary/aromatic N) is 1. The molecule has 1 heterocycles. The average molecular weight is 236 g/mol. The Morgan fingerprint density at radius 2 is 2.18 bits per heavy atom. The van der Waals surface area contributed by atoms with Crippen molar-refractivity contribution < 1.29 is 9.90 Å². The van der Waals surface area contributed by atoms with E-state index in [1.54, 1.807) is 20.0 Å². The van der Waals surface area contributed by atoms with Crippen LogP contribution < -0.4 is 5.32 Å². The zero-order valence-electron chi connectivity index (χ0n) is 10.4. The van der Waals surface area contributed by atoms with Crippen LogP contribution >= 0.6 is 0 Å². The lowest BCUT2D eigenvalue weighted by Crippen LogP contribution is -2.29. The minimum atomic E-state index is -0.746. The van der Waals surface area contributed by atoms with Gasteiger partial charge in [-0.2, -0.15) is 0 Å². The highest BCUT2D eigenvalue weighted by molar-refractivity contribution is 5.73. The second-order valence-corrected chi connectivity index (χ2v) is 4.76. The van der Waals surface area contributed by atoms with Gasteiger partial charge in [-0.15, -0.1) is 0 Å². The maximum absolute atomic E-state index is 10.9. The molecule has 1 aromatic rings. The Labute approximate surface area is 102 Å². The molecule has 0 aromatic carbocycles. The summed E-state index contributed by atoms with van der Waals surface area (Å²) in [6.45, 7) is 5.03. The fourth-order valence-electron chi connectivity index (χ4n) is 1.40. The lowest BCUT2D eigenvalue weighted by molar-refractivity contribution is -0.147. The molecule has 0 aliphatic rings. The first-order valence-corrected chi connectivity index (χ1v) is 5.86. The number of aromatic nitrogens is 1. The van der Waals surface area contributed by atoms with Gasteiger partial charge in [0, 0.05) is 24.9 Å². The lowest BCUT2D eigenvalue weighted by atomic mass is 9.90. The fourth-order valence-corrected chi connectivity index (χ4v) is 1.40. The number of hydrogen-bond acceptors (Lipinski definition) is 3. The van der Waals surface area contributed by atoms with Gasteiger partial charge in [-0.1, -0.05) is 6.07 Å². The molecule has 1 rings (SSSR count). The first-order chi connectivity index (χ1) is 8.02. The molecule has 0 fully saturated rings. The molecular formula is C13H20N2O2. The van der Waals surface area contributed by atoms with Crippen molar-refractivity contribution in [1.29, 1.82) is 0 Å². The van der Waals surface area contributed by atoms with Crippen molar-refractivity contribution in [3.05, 3.63) is 30.1 Å². The largest absolute Gasteiger partial charge is 0.481 e. The first kappa shape index (κ1) is 13.6. The molecule has 17 heavy (non-hydrogen) atoms. The van der Waals surface area contributed by atoms with E-state index in [0.717, 1.165) is 18.7 Å². The van der Waals surface area contributed by atoms with Crippen LogP contribution in [0.2, 0.25) is 0 Å². The van der Waals surface area contributed by atoms with Crippen LogP contribution in [-0.2, 0) is 11.2 Å². The zero-order chi connectivity index (χ0) is 12.7. The van der Waals surface area contributed by atoms with Crippen molar-refractivity contribution in [1.82, 2.24) is 10.3 Å². The summed E-state index contributed by atoms with van der Waals surface area (Å²) >= 11 is 0. The molecule has 0 aliphatic carbocycles. The number of carboxylic acid groups (broad SMARTS) is 1. The molecule has 0 bridgehead atoms. The first-order valence-electron chi connectivity index (χ1n) is 5.86. The summed E-state index contributed by atoms with van der Waals surface area (Å²) < 4.78 is 0. The average Bonchev–Trinajstić information content (AvgIpc) is 2.29. The van der Waals surface area contributed by atoms with Crippen molar-refractivity contribution in [3.8, 4) is 0 Å². The van der Waals surface area contributed by atoms with E-state index in [1.807, 2.05) is 18.2 Å². The maximum atomic E-state index is 10.9. The van der Waals surface area contributed by atoms with E-state index in [1.165, 1.54) is 0 Å². The van der Waals surface area contributed by atoms with Gasteiger partial charge in [0.25, 0.3) is 0 Å². The van der Waals surface area contributed by atoms with E-state index in [9.17, 15) is 4.79 Å². The molecule has 0 spiro atoms. The highest BCUT2D eigenvalue weighted by Crippen LogP contribution is 2.19. The number of hydrogen-bond donors (Lipinski definition) is 2. The van der Waals surface area contributed by atoms with Crippen LogP contribution in [0.3, 0.4) is 0 Å². The molecular weight excluding hydrogens is 216 g/mol. The fraction of sp³-hybridized carbons (Fsp3) is 0.538. The van der Waals surface area contributed by atoms with E-state index >= 15 is 0 Å². The Morgan fingerprint density at radius 3 is 2.76 bits per heavy atom. The summed E-state index contributed by atoms with van der Waals surface area (Å²) in [5.74, 6) is -0.746. The van der Waals surface area contributed by atoms with Crippen LogP contribution in [0.5, 0.6) is 0 Å². The van der Waals surface area contributed by atoms with Crippen molar-refractivity contribution in [3.63, 3.8) is 0 Å². The van der Waals surface area contributed by atoms with Crippen molar-refractivity contribution in [2.75, 3.05) is 13.1 Å². The number of carbonyl (C=O) groups is 1. The van der Waals surface area contributed by atoms with E-state index in [2.05, 4.69) is 10.3 Å². The van der Waals surface area contributed by atoms with Gasteiger partial charge in [0.1, 0.15) is 0 Å². The number of rotatable bonds is 7.